The summed E-state index contributed by atoms with van der Waals surface area (Å²) < 4.78 is 2.06. The van der Waals surface area contributed by atoms with Crippen LogP contribution in [0.4, 0.5) is 0 Å². The van der Waals surface area contributed by atoms with Crippen LogP contribution in [0.25, 0.3) is 10.9 Å². The third kappa shape index (κ3) is 2.72. The molecule has 2 aromatic carbocycles. The lowest BCUT2D eigenvalue weighted by atomic mass is 10.0. The molecule has 0 aliphatic rings. The molecule has 110 valence electrons. The first-order chi connectivity index (χ1) is 10.8. The maximum Gasteiger partial charge on any atom is 0.0991 e. The van der Waals surface area contributed by atoms with Crippen molar-refractivity contribution in [3.8, 4) is 6.07 Å². The van der Waals surface area contributed by atoms with Crippen molar-refractivity contribution < 1.29 is 0 Å². The molecule has 1 heterocycles. The van der Waals surface area contributed by atoms with Crippen LogP contribution in [0.3, 0.4) is 0 Å². The Morgan fingerprint density at radius 2 is 2.05 bits per heavy atom. The highest BCUT2D eigenvalue weighted by Crippen LogP contribution is 2.26. The summed E-state index contributed by atoms with van der Waals surface area (Å²) >= 11 is 0. The van der Waals surface area contributed by atoms with E-state index in [1.165, 1.54) is 5.56 Å². The zero-order chi connectivity index (χ0) is 15.4. The van der Waals surface area contributed by atoms with Gasteiger partial charge < -0.3 is 5.32 Å². The highest BCUT2D eigenvalue weighted by atomic mass is 15.3. The Hall–Kier alpha value is -2.64. The predicted molar refractivity (Wildman–Crippen MR) is 87.6 cm³/mol. The molecule has 1 unspecified atom stereocenters. The highest BCUT2D eigenvalue weighted by molar-refractivity contribution is 5.80. The lowest BCUT2D eigenvalue weighted by Gasteiger charge is -2.19. The lowest BCUT2D eigenvalue weighted by molar-refractivity contribution is 0.494. The molecule has 1 aromatic heterocycles. The first-order valence-corrected chi connectivity index (χ1v) is 7.40. The number of hydrogen-bond acceptors (Lipinski definition) is 3. The molecule has 0 aliphatic carbocycles. The molecule has 0 bridgehead atoms. The quantitative estimate of drug-likeness (QED) is 0.785. The number of rotatable bonds is 5. The number of fused-ring (bicyclic) bond motifs is 1. The molecule has 0 saturated carbocycles. The summed E-state index contributed by atoms with van der Waals surface area (Å²) in [5.41, 5.74) is 2.97. The molecular formula is C18H18N4. The Labute approximate surface area is 130 Å². The summed E-state index contributed by atoms with van der Waals surface area (Å²) in [7, 11) is 1.96. The van der Waals surface area contributed by atoms with E-state index >= 15 is 0 Å². The van der Waals surface area contributed by atoms with Crippen molar-refractivity contribution in [3.05, 3.63) is 65.9 Å². The van der Waals surface area contributed by atoms with E-state index in [1.807, 2.05) is 37.5 Å². The minimum Gasteiger partial charge on any atom is -0.320 e. The predicted octanol–water partition coefficient (Wildman–Crippen LogP) is 3.11. The van der Waals surface area contributed by atoms with Crippen LogP contribution in [0, 0.1) is 11.3 Å². The van der Waals surface area contributed by atoms with Crippen molar-refractivity contribution in [2.75, 3.05) is 13.6 Å². The maximum atomic E-state index is 9.02. The summed E-state index contributed by atoms with van der Waals surface area (Å²) in [5.74, 6) is 0. The van der Waals surface area contributed by atoms with Gasteiger partial charge in [-0.05, 0) is 43.8 Å². The monoisotopic (exact) mass is 290 g/mol. The van der Waals surface area contributed by atoms with Crippen molar-refractivity contribution in [1.29, 1.82) is 5.26 Å². The molecule has 4 heteroatoms. The van der Waals surface area contributed by atoms with Gasteiger partial charge in [0.1, 0.15) is 0 Å². The van der Waals surface area contributed by atoms with E-state index in [9.17, 15) is 0 Å². The van der Waals surface area contributed by atoms with Crippen molar-refractivity contribution >= 4 is 10.9 Å². The van der Waals surface area contributed by atoms with E-state index in [2.05, 4.69) is 45.4 Å². The third-order valence-electron chi connectivity index (χ3n) is 3.87. The van der Waals surface area contributed by atoms with Gasteiger partial charge in [-0.1, -0.05) is 30.3 Å². The van der Waals surface area contributed by atoms with Gasteiger partial charge in [0.2, 0.25) is 0 Å². The number of benzene rings is 2. The average Bonchev–Trinajstić information content (AvgIpc) is 2.99. The molecule has 1 N–H and O–H groups in total. The van der Waals surface area contributed by atoms with Gasteiger partial charge >= 0.3 is 0 Å². The Balaban J connectivity index is 2.06. The van der Waals surface area contributed by atoms with Crippen molar-refractivity contribution in [2.24, 2.45) is 0 Å². The lowest BCUT2D eigenvalue weighted by Crippen LogP contribution is -2.18. The molecule has 0 fully saturated rings. The van der Waals surface area contributed by atoms with Gasteiger partial charge in [-0.25, -0.2) is 0 Å². The molecular weight excluding hydrogens is 272 g/mol. The van der Waals surface area contributed by atoms with Crippen LogP contribution in [0.1, 0.15) is 23.6 Å². The van der Waals surface area contributed by atoms with E-state index in [-0.39, 0.29) is 6.04 Å². The first kappa shape index (κ1) is 14.3. The molecule has 1 atom stereocenters. The SMILES string of the molecule is CNCCC(c1ccccc1)n1ncc2cc(C#N)ccc21. The zero-order valence-electron chi connectivity index (χ0n) is 12.5. The molecule has 4 nitrogen and oxygen atoms in total. The van der Waals surface area contributed by atoms with Crippen LogP contribution < -0.4 is 5.32 Å². The Kier molecular flexibility index (Phi) is 4.17. The Morgan fingerprint density at radius 3 is 2.77 bits per heavy atom. The molecule has 0 spiro atoms. The normalized spacial score (nSPS) is 12.2. The molecule has 0 saturated heterocycles. The Bertz CT molecular complexity index is 799. The van der Waals surface area contributed by atoms with Gasteiger partial charge in [-0.2, -0.15) is 10.4 Å². The summed E-state index contributed by atoms with van der Waals surface area (Å²) in [6, 6.07) is 18.5. The minimum absolute atomic E-state index is 0.180. The van der Waals surface area contributed by atoms with Crippen molar-refractivity contribution in [1.82, 2.24) is 15.1 Å². The summed E-state index contributed by atoms with van der Waals surface area (Å²) in [4.78, 5) is 0. The van der Waals surface area contributed by atoms with Crippen LogP contribution in [-0.4, -0.2) is 23.4 Å². The second kappa shape index (κ2) is 6.42. The smallest absolute Gasteiger partial charge is 0.0991 e. The zero-order valence-corrected chi connectivity index (χ0v) is 12.5. The number of nitrogens with zero attached hydrogens (tertiary/aromatic N) is 3. The number of nitrogens with one attached hydrogen (secondary N) is 1. The fourth-order valence-corrected chi connectivity index (χ4v) is 2.76. The van der Waals surface area contributed by atoms with Crippen molar-refractivity contribution in [2.45, 2.75) is 12.5 Å². The van der Waals surface area contributed by atoms with Crippen LogP contribution in [-0.2, 0) is 0 Å². The van der Waals surface area contributed by atoms with Crippen LogP contribution in [0.5, 0.6) is 0 Å². The van der Waals surface area contributed by atoms with Gasteiger partial charge in [0, 0.05) is 5.39 Å². The van der Waals surface area contributed by atoms with Gasteiger partial charge in [0.25, 0.3) is 0 Å². The van der Waals surface area contributed by atoms with E-state index < -0.39 is 0 Å². The second-order valence-electron chi connectivity index (χ2n) is 5.29. The molecule has 22 heavy (non-hydrogen) atoms. The standard InChI is InChI=1S/C18H18N4/c1-20-10-9-18(15-5-3-2-4-6-15)22-17-8-7-14(12-19)11-16(17)13-21-22/h2-8,11,13,18,20H,9-10H2,1H3. The second-order valence-corrected chi connectivity index (χ2v) is 5.29. The molecule has 0 aliphatic heterocycles. The first-order valence-electron chi connectivity index (χ1n) is 7.40. The molecule has 3 rings (SSSR count). The topological polar surface area (TPSA) is 53.6 Å². The Morgan fingerprint density at radius 1 is 1.23 bits per heavy atom. The van der Waals surface area contributed by atoms with Crippen LogP contribution in [0.2, 0.25) is 0 Å². The largest absolute Gasteiger partial charge is 0.320 e. The number of nitriles is 1. The van der Waals surface area contributed by atoms with E-state index in [4.69, 9.17) is 5.26 Å². The summed E-state index contributed by atoms with van der Waals surface area (Å²) in [6.45, 7) is 0.914. The van der Waals surface area contributed by atoms with Crippen LogP contribution in [0.15, 0.2) is 54.7 Å². The van der Waals surface area contributed by atoms with Gasteiger partial charge in [0.05, 0.1) is 29.4 Å². The van der Waals surface area contributed by atoms with Crippen molar-refractivity contribution in [3.63, 3.8) is 0 Å². The molecule has 0 amide bonds. The van der Waals surface area contributed by atoms with E-state index in [1.54, 1.807) is 0 Å². The van der Waals surface area contributed by atoms with Gasteiger partial charge in [0.15, 0.2) is 0 Å². The van der Waals surface area contributed by atoms with E-state index in [0.717, 1.165) is 23.9 Å². The van der Waals surface area contributed by atoms with Gasteiger partial charge in [-0.15, -0.1) is 0 Å². The van der Waals surface area contributed by atoms with Crippen LogP contribution >= 0.6 is 0 Å². The number of hydrogen-bond donors (Lipinski definition) is 1. The molecule has 3 aromatic rings. The summed E-state index contributed by atoms with van der Waals surface area (Å²) in [5, 5.41) is 17.8. The van der Waals surface area contributed by atoms with Gasteiger partial charge in [-0.3, -0.25) is 4.68 Å². The summed E-state index contributed by atoms with van der Waals surface area (Å²) in [6.07, 6.45) is 2.79. The fourth-order valence-electron chi connectivity index (χ4n) is 2.76. The number of aromatic nitrogens is 2. The van der Waals surface area contributed by atoms with E-state index in [0.29, 0.717) is 5.56 Å². The minimum atomic E-state index is 0.180. The maximum absolute atomic E-state index is 9.02. The average molecular weight is 290 g/mol. The molecule has 0 radical (unpaired) electrons. The third-order valence-corrected chi connectivity index (χ3v) is 3.87. The fraction of sp³-hybridized carbons (Fsp3) is 0.222. The highest BCUT2D eigenvalue weighted by Gasteiger charge is 2.16.